The first kappa shape index (κ1) is 12.2. The molecule has 1 atom stereocenters. The number of rotatable bonds is 4. The molecule has 0 radical (unpaired) electrons. The van der Waals surface area contributed by atoms with Crippen molar-refractivity contribution >= 4 is 10.9 Å². The maximum Gasteiger partial charge on any atom is 0.0482 e. The molecule has 2 aromatic rings. The van der Waals surface area contributed by atoms with Crippen LogP contribution in [0.25, 0.3) is 10.9 Å². The lowest BCUT2D eigenvalue weighted by atomic mass is 9.96. The molecule has 17 heavy (non-hydrogen) atoms. The molecular formula is C15H22N2. The third kappa shape index (κ3) is 1.98. The van der Waals surface area contributed by atoms with E-state index in [1.54, 1.807) is 0 Å². The lowest BCUT2D eigenvalue weighted by molar-refractivity contribution is 0.585. The van der Waals surface area contributed by atoms with E-state index >= 15 is 0 Å². The van der Waals surface area contributed by atoms with Crippen molar-refractivity contribution in [3.63, 3.8) is 0 Å². The van der Waals surface area contributed by atoms with Gasteiger partial charge in [0.15, 0.2) is 0 Å². The van der Waals surface area contributed by atoms with Gasteiger partial charge in [-0.05, 0) is 25.0 Å². The molecule has 1 unspecified atom stereocenters. The Balaban J connectivity index is 2.60. The van der Waals surface area contributed by atoms with Crippen LogP contribution < -0.4 is 5.73 Å². The summed E-state index contributed by atoms with van der Waals surface area (Å²) in [6, 6.07) is 8.60. The Labute approximate surface area is 103 Å². The second-order valence-electron chi connectivity index (χ2n) is 4.81. The van der Waals surface area contributed by atoms with Crippen LogP contribution in [-0.2, 0) is 7.05 Å². The number of aryl methyl sites for hydroxylation is 2. The van der Waals surface area contributed by atoms with Gasteiger partial charge in [0.1, 0.15) is 0 Å². The highest BCUT2D eigenvalue weighted by Gasteiger charge is 2.18. The highest BCUT2D eigenvalue weighted by atomic mass is 15.0. The molecule has 0 saturated heterocycles. The molecular weight excluding hydrogens is 208 g/mol. The summed E-state index contributed by atoms with van der Waals surface area (Å²) >= 11 is 0. The molecule has 0 saturated carbocycles. The Morgan fingerprint density at radius 1 is 1.29 bits per heavy atom. The largest absolute Gasteiger partial charge is 0.347 e. The minimum absolute atomic E-state index is 0.484. The summed E-state index contributed by atoms with van der Waals surface area (Å²) in [6.07, 6.45) is 2.35. The molecule has 1 aromatic carbocycles. The summed E-state index contributed by atoms with van der Waals surface area (Å²) < 4.78 is 2.32. The number of nitrogens with zero attached hydrogens (tertiary/aromatic N) is 1. The fourth-order valence-electron chi connectivity index (χ4n) is 2.90. The van der Waals surface area contributed by atoms with Gasteiger partial charge in [-0.15, -0.1) is 0 Å². The van der Waals surface area contributed by atoms with Crippen LogP contribution in [0.4, 0.5) is 0 Å². The molecule has 0 aliphatic heterocycles. The fraction of sp³-hybridized carbons (Fsp3) is 0.467. The van der Waals surface area contributed by atoms with Gasteiger partial charge in [-0.25, -0.2) is 0 Å². The second-order valence-corrected chi connectivity index (χ2v) is 4.81. The van der Waals surface area contributed by atoms with Crippen molar-refractivity contribution in [2.24, 2.45) is 12.8 Å². The number of fused-ring (bicyclic) bond motifs is 1. The molecule has 2 heteroatoms. The summed E-state index contributed by atoms with van der Waals surface area (Å²) in [6.45, 7) is 5.18. The first-order chi connectivity index (χ1) is 8.20. The van der Waals surface area contributed by atoms with E-state index in [2.05, 4.69) is 49.7 Å². The van der Waals surface area contributed by atoms with Crippen molar-refractivity contribution in [1.82, 2.24) is 4.57 Å². The van der Waals surface area contributed by atoms with Gasteiger partial charge >= 0.3 is 0 Å². The van der Waals surface area contributed by atoms with Crippen molar-refractivity contribution in [2.75, 3.05) is 6.54 Å². The van der Waals surface area contributed by atoms with Crippen LogP contribution in [0.5, 0.6) is 0 Å². The standard InChI is InChI=1S/C15H22N2/c1-4-7-12(10-16)15-11(2)13-8-5-6-9-14(13)17(15)3/h5-6,8-9,12H,4,7,10,16H2,1-3H3. The van der Waals surface area contributed by atoms with E-state index < -0.39 is 0 Å². The van der Waals surface area contributed by atoms with Gasteiger partial charge in [-0.3, -0.25) is 0 Å². The van der Waals surface area contributed by atoms with Gasteiger partial charge in [-0.2, -0.15) is 0 Å². The lowest BCUT2D eigenvalue weighted by Crippen LogP contribution is -2.16. The van der Waals surface area contributed by atoms with Crippen molar-refractivity contribution in [1.29, 1.82) is 0 Å². The average molecular weight is 230 g/mol. The van der Waals surface area contributed by atoms with E-state index in [-0.39, 0.29) is 0 Å². The van der Waals surface area contributed by atoms with Gasteiger partial charge in [0.25, 0.3) is 0 Å². The van der Waals surface area contributed by atoms with Gasteiger partial charge in [0.2, 0.25) is 0 Å². The minimum atomic E-state index is 0.484. The Morgan fingerprint density at radius 3 is 2.59 bits per heavy atom. The quantitative estimate of drug-likeness (QED) is 0.858. The molecule has 2 nitrogen and oxygen atoms in total. The van der Waals surface area contributed by atoms with E-state index in [1.807, 2.05) is 0 Å². The van der Waals surface area contributed by atoms with Crippen LogP contribution in [0.1, 0.15) is 36.9 Å². The van der Waals surface area contributed by atoms with Crippen molar-refractivity contribution in [3.8, 4) is 0 Å². The maximum atomic E-state index is 5.94. The summed E-state index contributed by atoms with van der Waals surface area (Å²) in [4.78, 5) is 0. The molecule has 0 fully saturated rings. The summed E-state index contributed by atoms with van der Waals surface area (Å²) in [5.74, 6) is 0.484. The van der Waals surface area contributed by atoms with E-state index in [4.69, 9.17) is 5.73 Å². The molecule has 1 heterocycles. The molecule has 0 amide bonds. The third-order valence-corrected chi connectivity index (χ3v) is 3.72. The van der Waals surface area contributed by atoms with Gasteiger partial charge < -0.3 is 10.3 Å². The predicted octanol–water partition coefficient (Wildman–Crippen LogP) is 3.33. The lowest BCUT2D eigenvalue weighted by Gasteiger charge is -2.16. The first-order valence-corrected chi connectivity index (χ1v) is 6.44. The zero-order valence-corrected chi connectivity index (χ0v) is 11.0. The summed E-state index contributed by atoms with van der Waals surface area (Å²) in [7, 11) is 2.16. The van der Waals surface area contributed by atoms with E-state index in [9.17, 15) is 0 Å². The van der Waals surface area contributed by atoms with E-state index in [0.29, 0.717) is 5.92 Å². The highest BCUT2D eigenvalue weighted by molar-refractivity contribution is 5.85. The van der Waals surface area contributed by atoms with Crippen LogP contribution in [0.2, 0.25) is 0 Å². The SMILES string of the molecule is CCCC(CN)c1c(C)c2ccccc2n1C. The number of aromatic nitrogens is 1. The zero-order chi connectivity index (χ0) is 12.4. The van der Waals surface area contributed by atoms with Crippen molar-refractivity contribution in [2.45, 2.75) is 32.6 Å². The normalized spacial score (nSPS) is 13.2. The summed E-state index contributed by atoms with van der Waals surface area (Å²) in [5.41, 5.74) is 10.1. The monoisotopic (exact) mass is 230 g/mol. The highest BCUT2D eigenvalue weighted by Crippen LogP contribution is 2.31. The van der Waals surface area contributed by atoms with Crippen molar-refractivity contribution in [3.05, 3.63) is 35.5 Å². The fourth-order valence-corrected chi connectivity index (χ4v) is 2.90. The minimum Gasteiger partial charge on any atom is -0.347 e. The molecule has 2 rings (SSSR count). The zero-order valence-electron chi connectivity index (χ0n) is 11.0. The molecule has 0 bridgehead atoms. The molecule has 0 aliphatic carbocycles. The van der Waals surface area contributed by atoms with Crippen LogP contribution in [-0.4, -0.2) is 11.1 Å². The van der Waals surface area contributed by atoms with Gasteiger partial charge in [0, 0.05) is 36.1 Å². The van der Waals surface area contributed by atoms with Crippen molar-refractivity contribution < 1.29 is 0 Å². The Hall–Kier alpha value is -1.28. The van der Waals surface area contributed by atoms with Crippen LogP contribution in [0, 0.1) is 6.92 Å². The maximum absolute atomic E-state index is 5.94. The second kappa shape index (κ2) is 4.92. The number of para-hydroxylation sites is 1. The Bertz CT molecular complexity index is 472. The molecule has 92 valence electrons. The molecule has 0 aliphatic rings. The average Bonchev–Trinajstić information content (AvgIpc) is 2.61. The smallest absolute Gasteiger partial charge is 0.0482 e. The van der Waals surface area contributed by atoms with Crippen LogP contribution in [0.3, 0.4) is 0 Å². The van der Waals surface area contributed by atoms with Gasteiger partial charge in [-0.1, -0.05) is 31.5 Å². The predicted molar refractivity (Wildman–Crippen MR) is 74.4 cm³/mol. The van der Waals surface area contributed by atoms with Gasteiger partial charge in [0.05, 0.1) is 0 Å². The molecule has 2 N–H and O–H groups in total. The Kier molecular flexibility index (Phi) is 3.53. The number of hydrogen-bond acceptors (Lipinski definition) is 1. The molecule has 0 spiro atoms. The third-order valence-electron chi connectivity index (χ3n) is 3.72. The van der Waals surface area contributed by atoms with E-state index in [0.717, 1.165) is 6.54 Å². The topological polar surface area (TPSA) is 30.9 Å². The summed E-state index contributed by atoms with van der Waals surface area (Å²) in [5, 5.41) is 1.36. The number of benzene rings is 1. The van der Waals surface area contributed by atoms with E-state index in [1.165, 1.54) is 35.0 Å². The number of nitrogens with two attached hydrogens (primary N) is 1. The van der Waals surface area contributed by atoms with Crippen LogP contribution >= 0.6 is 0 Å². The Morgan fingerprint density at radius 2 is 2.00 bits per heavy atom. The van der Waals surface area contributed by atoms with Crippen LogP contribution in [0.15, 0.2) is 24.3 Å². The first-order valence-electron chi connectivity index (χ1n) is 6.44. The number of hydrogen-bond donors (Lipinski definition) is 1. The molecule has 1 aromatic heterocycles.